The molecule has 2 unspecified atom stereocenters. The maximum atomic E-state index is 11.8. The number of aliphatic carboxylic acids is 1. The van der Waals surface area contributed by atoms with Crippen molar-refractivity contribution in [1.29, 1.82) is 0 Å². The Labute approximate surface area is 158 Å². The molecule has 0 radical (unpaired) electrons. The van der Waals surface area contributed by atoms with Crippen LogP contribution in [0.1, 0.15) is 77.7 Å². The lowest BCUT2D eigenvalue weighted by Crippen LogP contribution is -2.35. The summed E-state index contributed by atoms with van der Waals surface area (Å²) in [6, 6.07) is 9.63. The second-order valence-electron chi connectivity index (χ2n) is 7.32. The van der Waals surface area contributed by atoms with Crippen LogP contribution in [0.5, 0.6) is 0 Å². The second kappa shape index (κ2) is 12.4. The highest BCUT2D eigenvalue weighted by atomic mass is 32.2. The van der Waals surface area contributed by atoms with Crippen LogP contribution in [0.4, 0.5) is 0 Å². The van der Waals surface area contributed by atoms with Crippen molar-refractivity contribution in [3.05, 3.63) is 35.9 Å². The minimum atomic E-state index is -0.792. The SMILES string of the molecule is CCCCC(CC)CCCCCSCC(C)(C(=O)O)c1ccccc1. The molecule has 0 aliphatic carbocycles. The van der Waals surface area contributed by atoms with Crippen LogP contribution in [0.2, 0.25) is 0 Å². The fourth-order valence-electron chi connectivity index (χ4n) is 3.21. The summed E-state index contributed by atoms with van der Waals surface area (Å²) < 4.78 is 0. The average Bonchev–Trinajstić information content (AvgIpc) is 2.63. The average molecular weight is 365 g/mol. The maximum absolute atomic E-state index is 11.8. The van der Waals surface area contributed by atoms with Crippen LogP contribution in [-0.4, -0.2) is 22.6 Å². The predicted octanol–water partition coefficient (Wildman–Crippen LogP) is 6.54. The zero-order chi connectivity index (χ0) is 18.5. The molecule has 0 aromatic heterocycles. The van der Waals surface area contributed by atoms with Crippen LogP contribution in [-0.2, 0) is 10.2 Å². The van der Waals surface area contributed by atoms with E-state index in [0.29, 0.717) is 5.75 Å². The molecule has 0 aliphatic heterocycles. The van der Waals surface area contributed by atoms with Crippen molar-refractivity contribution in [2.75, 3.05) is 11.5 Å². The van der Waals surface area contributed by atoms with Crippen molar-refractivity contribution in [1.82, 2.24) is 0 Å². The summed E-state index contributed by atoms with van der Waals surface area (Å²) in [6.07, 6.45) is 10.5. The van der Waals surface area contributed by atoms with Crippen molar-refractivity contribution in [2.45, 2.75) is 77.6 Å². The Balaban J connectivity index is 2.26. The van der Waals surface area contributed by atoms with Gasteiger partial charge in [0.25, 0.3) is 0 Å². The van der Waals surface area contributed by atoms with Gasteiger partial charge in [-0.05, 0) is 30.6 Å². The van der Waals surface area contributed by atoms with Gasteiger partial charge in [-0.15, -0.1) is 0 Å². The fraction of sp³-hybridized carbons (Fsp3) is 0.682. The monoisotopic (exact) mass is 364 g/mol. The molecular weight excluding hydrogens is 328 g/mol. The van der Waals surface area contributed by atoms with E-state index in [1.807, 2.05) is 37.3 Å². The van der Waals surface area contributed by atoms with Crippen molar-refractivity contribution in [3.8, 4) is 0 Å². The maximum Gasteiger partial charge on any atom is 0.314 e. The first-order valence-electron chi connectivity index (χ1n) is 9.91. The number of unbranched alkanes of at least 4 members (excludes halogenated alkanes) is 3. The number of thioether (sulfide) groups is 1. The molecule has 1 aromatic carbocycles. The van der Waals surface area contributed by atoms with Crippen LogP contribution in [0.25, 0.3) is 0 Å². The fourth-order valence-corrected chi connectivity index (χ4v) is 4.46. The Hall–Kier alpha value is -0.960. The Morgan fingerprint density at radius 1 is 1.08 bits per heavy atom. The zero-order valence-electron chi connectivity index (χ0n) is 16.3. The van der Waals surface area contributed by atoms with Gasteiger partial charge in [0.2, 0.25) is 0 Å². The van der Waals surface area contributed by atoms with E-state index in [2.05, 4.69) is 13.8 Å². The van der Waals surface area contributed by atoms with E-state index in [1.165, 1.54) is 51.4 Å². The molecule has 2 atom stereocenters. The van der Waals surface area contributed by atoms with E-state index in [4.69, 9.17) is 0 Å². The van der Waals surface area contributed by atoms with Gasteiger partial charge in [0.05, 0.1) is 5.41 Å². The van der Waals surface area contributed by atoms with Gasteiger partial charge in [0.15, 0.2) is 0 Å². The third-order valence-electron chi connectivity index (χ3n) is 5.22. The molecule has 0 fully saturated rings. The summed E-state index contributed by atoms with van der Waals surface area (Å²) in [6.45, 7) is 6.42. The third kappa shape index (κ3) is 7.85. The van der Waals surface area contributed by atoms with E-state index >= 15 is 0 Å². The third-order valence-corrected chi connectivity index (χ3v) is 6.58. The summed E-state index contributed by atoms with van der Waals surface area (Å²) >= 11 is 1.78. The van der Waals surface area contributed by atoms with Crippen molar-refractivity contribution in [2.24, 2.45) is 5.92 Å². The molecule has 1 N–H and O–H groups in total. The minimum absolute atomic E-state index is 0.639. The van der Waals surface area contributed by atoms with Gasteiger partial charge in [-0.25, -0.2) is 0 Å². The highest BCUT2D eigenvalue weighted by Crippen LogP contribution is 2.29. The molecule has 1 aromatic rings. The first-order chi connectivity index (χ1) is 12.0. The molecule has 0 spiro atoms. The highest BCUT2D eigenvalue weighted by molar-refractivity contribution is 7.99. The number of carbonyl (C=O) groups is 1. The normalized spacial score (nSPS) is 14.8. The summed E-state index contributed by atoms with van der Waals surface area (Å²) in [7, 11) is 0. The molecule has 25 heavy (non-hydrogen) atoms. The molecule has 0 heterocycles. The number of carboxylic acids is 1. The molecule has 3 heteroatoms. The van der Waals surface area contributed by atoms with Crippen LogP contribution in [0.15, 0.2) is 30.3 Å². The van der Waals surface area contributed by atoms with Crippen LogP contribution in [0.3, 0.4) is 0 Å². The van der Waals surface area contributed by atoms with Gasteiger partial charge in [0, 0.05) is 5.75 Å². The largest absolute Gasteiger partial charge is 0.481 e. The van der Waals surface area contributed by atoms with Gasteiger partial charge < -0.3 is 5.11 Å². The summed E-state index contributed by atoms with van der Waals surface area (Å²) in [5.41, 5.74) is 0.107. The molecule has 0 saturated heterocycles. The molecule has 2 nitrogen and oxygen atoms in total. The smallest absolute Gasteiger partial charge is 0.314 e. The molecular formula is C22H36O2S. The van der Waals surface area contributed by atoms with Gasteiger partial charge in [-0.1, -0.05) is 89.1 Å². The van der Waals surface area contributed by atoms with E-state index in [1.54, 1.807) is 11.8 Å². The van der Waals surface area contributed by atoms with Gasteiger partial charge >= 0.3 is 5.97 Å². The molecule has 1 rings (SSSR count). The summed E-state index contributed by atoms with van der Waals surface area (Å²) in [4.78, 5) is 11.8. The Morgan fingerprint density at radius 3 is 2.36 bits per heavy atom. The van der Waals surface area contributed by atoms with Crippen LogP contribution in [0, 0.1) is 5.92 Å². The lowest BCUT2D eigenvalue weighted by Gasteiger charge is -2.25. The molecule has 0 aliphatic rings. The summed E-state index contributed by atoms with van der Waals surface area (Å²) in [5, 5.41) is 9.67. The number of rotatable bonds is 14. The lowest BCUT2D eigenvalue weighted by molar-refractivity contribution is -0.142. The number of carboxylic acid groups (broad SMARTS) is 1. The Bertz CT molecular complexity index is 474. The lowest BCUT2D eigenvalue weighted by atomic mass is 9.85. The zero-order valence-corrected chi connectivity index (χ0v) is 17.1. The first-order valence-corrected chi connectivity index (χ1v) is 11.1. The van der Waals surface area contributed by atoms with Crippen LogP contribution < -0.4 is 0 Å². The molecule has 0 bridgehead atoms. The summed E-state index contributed by atoms with van der Waals surface area (Å²) in [5.74, 6) is 1.87. The topological polar surface area (TPSA) is 37.3 Å². The molecule has 142 valence electrons. The van der Waals surface area contributed by atoms with Crippen molar-refractivity contribution >= 4 is 17.7 Å². The second-order valence-corrected chi connectivity index (χ2v) is 8.43. The number of hydrogen-bond donors (Lipinski definition) is 1. The molecule has 0 amide bonds. The quantitative estimate of drug-likeness (QED) is 0.381. The van der Waals surface area contributed by atoms with Crippen molar-refractivity contribution < 1.29 is 9.90 Å². The standard InChI is InChI=1S/C22H36O2S/c1-4-6-13-19(5-2)14-9-8-12-17-25-18-22(3,21(23)24)20-15-10-7-11-16-20/h7,10-11,15-16,19H,4-6,8-9,12-14,17-18H2,1-3H3,(H,23,24). The van der Waals surface area contributed by atoms with E-state index in [-0.39, 0.29) is 0 Å². The van der Waals surface area contributed by atoms with E-state index in [9.17, 15) is 9.90 Å². The number of hydrogen-bond acceptors (Lipinski definition) is 2. The minimum Gasteiger partial charge on any atom is -0.481 e. The van der Waals surface area contributed by atoms with Gasteiger partial charge in [0.1, 0.15) is 0 Å². The Kier molecular flexibility index (Phi) is 11.0. The number of benzene rings is 1. The van der Waals surface area contributed by atoms with Crippen LogP contribution >= 0.6 is 11.8 Å². The van der Waals surface area contributed by atoms with Gasteiger partial charge in [-0.3, -0.25) is 4.79 Å². The van der Waals surface area contributed by atoms with Gasteiger partial charge in [-0.2, -0.15) is 11.8 Å². The highest BCUT2D eigenvalue weighted by Gasteiger charge is 2.34. The van der Waals surface area contributed by atoms with E-state index < -0.39 is 11.4 Å². The molecule has 0 saturated carbocycles. The first kappa shape index (κ1) is 22.1. The van der Waals surface area contributed by atoms with E-state index in [0.717, 1.165) is 17.2 Å². The predicted molar refractivity (Wildman–Crippen MR) is 111 cm³/mol. The Morgan fingerprint density at radius 2 is 1.76 bits per heavy atom. The van der Waals surface area contributed by atoms with Crippen molar-refractivity contribution in [3.63, 3.8) is 0 Å².